The number of likely N-dealkylation sites (N-methyl/N-ethyl adjacent to an activating group) is 2. The van der Waals surface area contributed by atoms with E-state index in [1.807, 2.05) is 0 Å². The van der Waals surface area contributed by atoms with Crippen molar-refractivity contribution < 1.29 is 0 Å². The zero-order valence-corrected chi connectivity index (χ0v) is 18.5. The van der Waals surface area contributed by atoms with E-state index in [4.69, 9.17) is 0 Å². The molecule has 3 aliphatic rings. The van der Waals surface area contributed by atoms with Crippen molar-refractivity contribution >= 4 is 46.6 Å². The second-order valence-corrected chi connectivity index (χ2v) is 10.4. The molecule has 148 valence electrons. The average Bonchev–Trinajstić information content (AvgIpc) is 2.72. The summed E-state index contributed by atoms with van der Waals surface area (Å²) in [5.41, 5.74) is 5.35. The molecule has 0 amide bonds. The Kier molecular flexibility index (Phi) is 4.97. The van der Waals surface area contributed by atoms with Crippen molar-refractivity contribution in [3.05, 3.63) is 36.4 Å². The molecule has 0 spiro atoms. The topological polar surface area (TPSA) is 25.0 Å². The first-order valence-electron chi connectivity index (χ1n) is 10.3. The van der Waals surface area contributed by atoms with E-state index >= 15 is 0 Å². The van der Waals surface area contributed by atoms with Crippen molar-refractivity contribution in [1.82, 2.24) is 9.80 Å². The molecule has 0 saturated carbocycles. The molecule has 2 aromatic carbocycles. The number of anilines is 4. The Hall–Kier alpha value is -1.72. The molecule has 0 bridgehead atoms. The third-order valence-electron chi connectivity index (χ3n) is 6.16. The van der Waals surface area contributed by atoms with Gasteiger partial charge in [0.15, 0.2) is 0 Å². The quantitative estimate of drug-likeness (QED) is 0.595. The molecule has 2 aromatic rings. The van der Waals surface area contributed by atoms with E-state index < -0.39 is 0 Å². The van der Waals surface area contributed by atoms with Gasteiger partial charge in [0.25, 0.3) is 0 Å². The fraction of sp³-hybridized carbons (Fsp3) is 0.455. The van der Waals surface area contributed by atoms with Crippen LogP contribution in [0.1, 0.15) is 0 Å². The van der Waals surface area contributed by atoms with Crippen molar-refractivity contribution in [2.45, 2.75) is 0 Å². The summed E-state index contributed by atoms with van der Waals surface area (Å²) >= 11 is 0.348. The summed E-state index contributed by atoms with van der Waals surface area (Å²) in [6, 6.07) is 14.0. The molecule has 0 radical (unpaired) electrons. The van der Waals surface area contributed by atoms with E-state index in [9.17, 15) is 0 Å². The first-order chi connectivity index (χ1) is 13.7. The molecule has 3 heterocycles. The molecule has 1 N–H and O–H groups in total. The van der Waals surface area contributed by atoms with Gasteiger partial charge in [-0.25, -0.2) is 0 Å². The van der Waals surface area contributed by atoms with Gasteiger partial charge in [-0.15, -0.1) is 0 Å². The van der Waals surface area contributed by atoms with Gasteiger partial charge in [-0.3, -0.25) is 0 Å². The number of piperazine rings is 2. The fourth-order valence-electron chi connectivity index (χ4n) is 4.18. The molecular weight excluding hydrogens is 413 g/mol. The Morgan fingerprint density at radius 1 is 0.643 bits per heavy atom. The van der Waals surface area contributed by atoms with E-state index in [2.05, 4.69) is 75.4 Å². The summed E-state index contributed by atoms with van der Waals surface area (Å²) in [6.07, 6.45) is 0. The number of rotatable bonds is 2. The van der Waals surface area contributed by atoms with Crippen LogP contribution in [0.3, 0.4) is 0 Å². The molecule has 6 heteroatoms. The molecule has 0 aromatic heterocycles. The van der Waals surface area contributed by atoms with Gasteiger partial charge in [0.2, 0.25) is 0 Å². The Labute approximate surface area is 174 Å². The Morgan fingerprint density at radius 2 is 1.07 bits per heavy atom. The zero-order chi connectivity index (χ0) is 19.1. The molecule has 0 atom stereocenters. The molecule has 5 rings (SSSR count). The molecule has 0 unspecified atom stereocenters. The van der Waals surface area contributed by atoms with Crippen LogP contribution in [0.4, 0.5) is 22.7 Å². The number of nitrogens with zero attached hydrogens (tertiary/aromatic N) is 4. The van der Waals surface area contributed by atoms with Gasteiger partial charge in [-0.2, -0.15) is 0 Å². The monoisotopic (exact) mass is 443 g/mol. The van der Waals surface area contributed by atoms with Crippen molar-refractivity contribution in [1.29, 1.82) is 0 Å². The number of fused-ring (bicyclic) bond motifs is 2. The van der Waals surface area contributed by atoms with Gasteiger partial charge in [0.1, 0.15) is 0 Å². The van der Waals surface area contributed by atoms with Crippen LogP contribution >= 0.6 is 0 Å². The number of benzene rings is 2. The van der Waals surface area contributed by atoms with Crippen molar-refractivity contribution in [2.75, 3.05) is 81.6 Å². The minimum atomic E-state index is 0.348. The normalized spacial score (nSPS) is 20.5. The summed E-state index contributed by atoms with van der Waals surface area (Å²) in [7, 11) is 4.43. The van der Waals surface area contributed by atoms with E-state index in [-0.39, 0.29) is 0 Å². The van der Waals surface area contributed by atoms with Gasteiger partial charge < -0.3 is 0 Å². The van der Waals surface area contributed by atoms with Crippen molar-refractivity contribution in [3.8, 4) is 0 Å². The van der Waals surface area contributed by atoms with Crippen LogP contribution in [0.5, 0.6) is 0 Å². The Balaban J connectivity index is 1.36. The average molecular weight is 442 g/mol. The SMILES string of the molecule is CN1CCN(c2ccc3c(c2)[Se]c2cc(N4CCN(C)CC4)ccc2N3)CC1. The Morgan fingerprint density at radius 3 is 1.50 bits per heavy atom. The van der Waals surface area contributed by atoms with Crippen LogP contribution in [0.25, 0.3) is 0 Å². The molecule has 0 aliphatic carbocycles. The number of hydrogen-bond acceptors (Lipinski definition) is 5. The maximum absolute atomic E-state index is 3.68. The molecule has 3 aliphatic heterocycles. The van der Waals surface area contributed by atoms with Gasteiger partial charge in [0, 0.05) is 0 Å². The van der Waals surface area contributed by atoms with Crippen LogP contribution in [-0.2, 0) is 0 Å². The third kappa shape index (κ3) is 3.62. The van der Waals surface area contributed by atoms with Crippen molar-refractivity contribution in [3.63, 3.8) is 0 Å². The van der Waals surface area contributed by atoms with E-state index in [0.29, 0.717) is 15.0 Å². The van der Waals surface area contributed by atoms with Gasteiger partial charge in [-0.05, 0) is 0 Å². The Bertz CT molecular complexity index is 785. The molecule has 2 fully saturated rings. The summed E-state index contributed by atoms with van der Waals surface area (Å²) < 4.78 is 2.96. The number of nitrogens with one attached hydrogen (secondary N) is 1. The van der Waals surface area contributed by atoms with Crippen molar-refractivity contribution in [2.24, 2.45) is 0 Å². The van der Waals surface area contributed by atoms with Crippen LogP contribution in [0, 0.1) is 0 Å². The van der Waals surface area contributed by atoms with E-state index in [1.165, 1.54) is 31.7 Å². The predicted octanol–water partition coefficient (Wildman–Crippen LogP) is 0.902. The first kappa shape index (κ1) is 18.3. The van der Waals surface area contributed by atoms with Gasteiger partial charge in [0.05, 0.1) is 0 Å². The third-order valence-corrected chi connectivity index (χ3v) is 8.50. The second kappa shape index (κ2) is 7.60. The predicted molar refractivity (Wildman–Crippen MR) is 121 cm³/mol. The van der Waals surface area contributed by atoms with E-state index in [0.717, 1.165) is 52.4 Å². The fourth-order valence-corrected chi connectivity index (χ4v) is 6.40. The summed E-state index contributed by atoms with van der Waals surface area (Å²) in [5.74, 6) is 0. The minimum absolute atomic E-state index is 0.348. The summed E-state index contributed by atoms with van der Waals surface area (Å²) in [6.45, 7) is 9.10. The van der Waals surface area contributed by atoms with Crippen LogP contribution in [0.15, 0.2) is 36.4 Å². The van der Waals surface area contributed by atoms with Crippen LogP contribution < -0.4 is 24.0 Å². The first-order valence-corrected chi connectivity index (χ1v) is 12.0. The standard InChI is InChI=1S/C22H29N5Se/c1-24-7-11-26(12-8-24)17-3-5-19-21(15-17)28-22-16-18(4-6-20(22)23-19)27-13-9-25(2)10-14-27/h3-6,15-16,23H,7-14H2,1-2H3. The van der Waals surface area contributed by atoms with Gasteiger partial charge in [-0.1, -0.05) is 0 Å². The number of hydrogen-bond donors (Lipinski definition) is 1. The second-order valence-electron chi connectivity index (χ2n) is 8.17. The summed E-state index contributed by atoms with van der Waals surface area (Å²) in [4.78, 5) is 9.89. The van der Waals surface area contributed by atoms with Gasteiger partial charge >= 0.3 is 174 Å². The molecule has 28 heavy (non-hydrogen) atoms. The van der Waals surface area contributed by atoms with Crippen LogP contribution in [-0.4, -0.2) is 91.2 Å². The maximum atomic E-state index is 3.68. The van der Waals surface area contributed by atoms with E-state index in [1.54, 1.807) is 0 Å². The molecule has 2 saturated heterocycles. The summed E-state index contributed by atoms with van der Waals surface area (Å²) in [5, 5.41) is 3.68. The zero-order valence-electron chi connectivity index (χ0n) is 16.8. The molecular formula is C22H29N5Se. The van der Waals surface area contributed by atoms with Crippen LogP contribution in [0.2, 0.25) is 0 Å². The molecule has 5 nitrogen and oxygen atoms in total.